The van der Waals surface area contributed by atoms with E-state index in [1.165, 1.54) is 0 Å². The molecule has 0 fully saturated rings. The van der Waals surface area contributed by atoms with Crippen molar-refractivity contribution in [3.05, 3.63) is 30.1 Å². The van der Waals surface area contributed by atoms with E-state index in [-0.39, 0.29) is 11.9 Å². The fourth-order valence-electron chi connectivity index (χ4n) is 1.35. The predicted octanol–water partition coefficient (Wildman–Crippen LogP) is 0.495. The monoisotopic (exact) mass is 237 g/mol. The third-order valence-electron chi connectivity index (χ3n) is 2.38. The van der Waals surface area contributed by atoms with Gasteiger partial charge in [-0.2, -0.15) is 0 Å². The van der Waals surface area contributed by atoms with Gasteiger partial charge in [-0.15, -0.1) is 0 Å². The number of hydrogen-bond acceptors (Lipinski definition) is 4. The maximum absolute atomic E-state index is 11.4. The molecule has 1 atom stereocenters. The van der Waals surface area contributed by atoms with E-state index in [0.29, 0.717) is 19.7 Å². The number of pyridine rings is 1. The first-order valence-corrected chi connectivity index (χ1v) is 5.63. The number of nitrogens with zero attached hydrogens (tertiary/aromatic N) is 1. The van der Waals surface area contributed by atoms with Gasteiger partial charge in [-0.1, -0.05) is 6.07 Å². The van der Waals surface area contributed by atoms with E-state index in [0.717, 1.165) is 5.56 Å². The molecule has 0 saturated carbocycles. The quantitative estimate of drug-likeness (QED) is 0.678. The van der Waals surface area contributed by atoms with Crippen molar-refractivity contribution >= 4 is 5.91 Å². The van der Waals surface area contributed by atoms with Crippen LogP contribution in [0.15, 0.2) is 24.5 Å². The summed E-state index contributed by atoms with van der Waals surface area (Å²) in [4.78, 5) is 15.4. The molecular formula is C12H19N3O2. The van der Waals surface area contributed by atoms with Crippen molar-refractivity contribution in [2.45, 2.75) is 13.0 Å². The number of carbonyl (C=O) groups is 1. The number of aromatic nitrogens is 1. The van der Waals surface area contributed by atoms with E-state index >= 15 is 0 Å². The van der Waals surface area contributed by atoms with Crippen molar-refractivity contribution in [2.24, 2.45) is 0 Å². The molecule has 5 nitrogen and oxygen atoms in total. The molecule has 0 bridgehead atoms. The predicted molar refractivity (Wildman–Crippen MR) is 65.5 cm³/mol. The topological polar surface area (TPSA) is 63.2 Å². The molecule has 1 aromatic heterocycles. The number of nitrogens with one attached hydrogen (secondary N) is 2. The summed E-state index contributed by atoms with van der Waals surface area (Å²) in [5.74, 6) is -0.0298. The zero-order valence-electron chi connectivity index (χ0n) is 10.3. The van der Waals surface area contributed by atoms with Crippen LogP contribution in [0.3, 0.4) is 0 Å². The van der Waals surface area contributed by atoms with Gasteiger partial charge in [-0.3, -0.25) is 9.78 Å². The Labute approximate surface area is 102 Å². The van der Waals surface area contributed by atoms with Crippen molar-refractivity contribution < 1.29 is 9.53 Å². The normalized spacial score (nSPS) is 12.1. The maximum Gasteiger partial charge on any atom is 0.234 e. The van der Waals surface area contributed by atoms with Gasteiger partial charge < -0.3 is 15.4 Å². The van der Waals surface area contributed by atoms with E-state index in [4.69, 9.17) is 4.74 Å². The highest BCUT2D eigenvalue weighted by atomic mass is 16.5. The Balaban J connectivity index is 2.24. The van der Waals surface area contributed by atoms with Crippen LogP contribution in [-0.2, 0) is 9.53 Å². The van der Waals surface area contributed by atoms with Gasteiger partial charge in [-0.25, -0.2) is 0 Å². The Bertz CT molecular complexity index is 330. The number of methoxy groups -OCH3 is 1. The SMILES string of the molecule is COCCNC(=O)CN[C@@H](C)c1cccnc1. The molecule has 2 N–H and O–H groups in total. The van der Waals surface area contributed by atoms with Gasteiger partial charge in [0.05, 0.1) is 13.2 Å². The van der Waals surface area contributed by atoms with Crippen LogP contribution in [0.2, 0.25) is 0 Å². The highest BCUT2D eigenvalue weighted by molar-refractivity contribution is 5.78. The van der Waals surface area contributed by atoms with Gasteiger partial charge in [0.2, 0.25) is 5.91 Å². The highest BCUT2D eigenvalue weighted by Crippen LogP contribution is 2.08. The van der Waals surface area contributed by atoms with Gasteiger partial charge in [0.1, 0.15) is 0 Å². The fourth-order valence-corrected chi connectivity index (χ4v) is 1.35. The molecule has 1 aromatic rings. The van der Waals surface area contributed by atoms with Crippen molar-refractivity contribution in [1.29, 1.82) is 0 Å². The fraction of sp³-hybridized carbons (Fsp3) is 0.500. The molecule has 17 heavy (non-hydrogen) atoms. The third kappa shape index (κ3) is 5.42. The molecular weight excluding hydrogens is 218 g/mol. The maximum atomic E-state index is 11.4. The molecule has 0 aliphatic rings. The zero-order chi connectivity index (χ0) is 12.5. The highest BCUT2D eigenvalue weighted by Gasteiger charge is 2.06. The molecule has 0 radical (unpaired) electrons. The summed E-state index contributed by atoms with van der Waals surface area (Å²) < 4.78 is 4.84. The first-order chi connectivity index (χ1) is 8.24. The summed E-state index contributed by atoms with van der Waals surface area (Å²) in [6.45, 7) is 3.36. The second kappa shape index (κ2) is 7.76. The Kier molecular flexibility index (Phi) is 6.21. The summed E-state index contributed by atoms with van der Waals surface area (Å²) in [6, 6.07) is 3.97. The molecule has 0 unspecified atom stereocenters. The largest absolute Gasteiger partial charge is 0.383 e. The van der Waals surface area contributed by atoms with E-state index in [1.54, 1.807) is 19.5 Å². The first-order valence-electron chi connectivity index (χ1n) is 5.63. The van der Waals surface area contributed by atoms with Crippen LogP contribution in [0.25, 0.3) is 0 Å². The second-order valence-corrected chi connectivity index (χ2v) is 3.73. The Morgan fingerprint density at radius 2 is 2.41 bits per heavy atom. The molecule has 0 aliphatic carbocycles. The van der Waals surface area contributed by atoms with Crippen molar-refractivity contribution in [1.82, 2.24) is 15.6 Å². The molecule has 0 saturated heterocycles. The third-order valence-corrected chi connectivity index (χ3v) is 2.38. The van der Waals surface area contributed by atoms with E-state index in [9.17, 15) is 4.79 Å². The van der Waals surface area contributed by atoms with Gasteiger partial charge in [0.25, 0.3) is 0 Å². The van der Waals surface area contributed by atoms with E-state index < -0.39 is 0 Å². The van der Waals surface area contributed by atoms with Crippen LogP contribution in [0.5, 0.6) is 0 Å². The Morgan fingerprint density at radius 3 is 3.06 bits per heavy atom. The summed E-state index contributed by atoms with van der Waals surface area (Å²) >= 11 is 0. The average Bonchev–Trinajstić information content (AvgIpc) is 2.37. The lowest BCUT2D eigenvalue weighted by Crippen LogP contribution is -2.36. The summed E-state index contributed by atoms with van der Waals surface area (Å²) in [5.41, 5.74) is 1.07. The average molecular weight is 237 g/mol. The summed E-state index contributed by atoms with van der Waals surface area (Å²) in [7, 11) is 1.61. The van der Waals surface area contributed by atoms with Crippen molar-refractivity contribution in [3.8, 4) is 0 Å². The smallest absolute Gasteiger partial charge is 0.234 e. The van der Waals surface area contributed by atoms with E-state index in [1.807, 2.05) is 19.1 Å². The molecule has 94 valence electrons. The number of hydrogen-bond donors (Lipinski definition) is 2. The van der Waals surface area contributed by atoms with Crippen LogP contribution in [-0.4, -0.2) is 37.7 Å². The minimum atomic E-state index is -0.0298. The summed E-state index contributed by atoms with van der Waals surface area (Å²) in [5, 5.41) is 5.88. The number of rotatable bonds is 7. The molecule has 5 heteroatoms. The number of ether oxygens (including phenoxy) is 1. The minimum Gasteiger partial charge on any atom is -0.383 e. The molecule has 0 aromatic carbocycles. The Morgan fingerprint density at radius 1 is 1.59 bits per heavy atom. The van der Waals surface area contributed by atoms with Crippen LogP contribution < -0.4 is 10.6 Å². The number of carbonyl (C=O) groups excluding carboxylic acids is 1. The lowest BCUT2D eigenvalue weighted by Gasteiger charge is -2.13. The lowest BCUT2D eigenvalue weighted by atomic mass is 10.1. The zero-order valence-corrected chi connectivity index (χ0v) is 10.3. The molecule has 0 spiro atoms. The van der Waals surface area contributed by atoms with Crippen LogP contribution in [0.1, 0.15) is 18.5 Å². The summed E-state index contributed by atoms with van der Waals surface area (Å²) in [6.07, 6.45) is 3.52. The first kappa shape index (κ1) is 13.6. The minimum absolute atomic E-state index is 0.0298. The van der Waals surface area contributed by atoms with Gasteiger partial charge in [-0.05, 0) is 18.6 Å². The lowest BCUT2D eigenvalue weighted by molar-refractivity contribution is -0.120. The van der Waals surface area contributed by atoms with E-state index in [2.05, 4.69) is 15.6 Å². The van der Waals surface area contributed by atoms with Gasteiger partial charge in [0, 0.05) is 32.1 Å². The molecule has 0 aliphatic heterocycles. The van der Waals surface area contributed by atoms with Crippen LogP contribution in [0.4, 0.5) is 0 Å². The second-order valence-electron chi connectivity index (χ2n) is 3.73. The molecule has 1 amide bonds. The van der Waals surface area contributed by atoms with Gasteiger partial charge >= 0.3 is 0 Å². The van der Waals surface area contributed by atoms with Crippen molar-refractivity contribution in [3.63, 3.8) is 0 Å². The Hall–Kier alpha value is -1.46. The molecule has 1 rings (SSSR count). The standard InChI is InChI=1S/C12H19N3O2/c1-10(11-4-3-5-13-8-11)15-9-12(16)14-6-7-17-2/h3-5,8,10,15H,6-7,9H2,1-2H3,(H,14,16)/t10-/m0/s1. The van der Waals surface area contributed by atoms with Crippen molar-refractivity contribution in [2.75, 3.05) is 26.8 Å². The van der Waals surface area contributed by atoms with Gasteiger partial charge in [0.15, 0.2) is 0 Å². The van der Waals surface area contributed by atoms with Crippen LogP contribution >= 0.6 is 0 Å². The number of amides is 1. The van der Waals surface area contributed by atoms with Crippen LogP contribution in [0, 0.1) is 0 Å². The molecule has 1 heterocycles.